The summed E-state index contributed by atoms with van der Waals surface area (Å²) in [6.45, 7) is 5.68. The van der Waals surface area contributed by atoms with E-state index in [1.165, 1.54) is 5.56 Å². The van der Waals surface area contributed by atoms with E-state index in [0.717, 1.165) is 17.9 Å². The molecule has 0 saturated heterocycles. The molecule has 2 aromatic rings. The second-order valence-electron chi connectivity index (χ2n) is 4.74. The molecule has 1 atom stereocenters. The Morgan fingerprint density at radius 3 is 2.55 bits per heavy atom. The lowest BCUT2D eigenvalue weighted by Gasteiger charge is -2.15. The summed E-state index contributed by atoms with van der Waals surface area (Å²) < 4.78 is 5.77. The summed E-state index contributed by atoms with van der Waals surface area (Å²) in [7, 11) is 0. The van der Waals surface area contributed by atoms with Crippen LogP contribution in [0.2, 0.25) is 5.02 Å². The van der Waals surface area contributed by atoms with E-state index in [9.17, 15) is 0 Å². The molecule has 0 bridgehead atoms. The van der Waals surface area contributed by atoms with Crippen LogP contribution in [0.25, 0.3) is 0 Å². The highest BCUT2D eigenvalue weighted by Gasteiger charge is 2.08. The zero-order valence-electron chi connectivity index (χ0n) is 11.9. The third-order valence-electron chi connectivity index (χ3n) is 3.20. The molecule has 106 valence electrons. The van der Waals surface area contributed by atoms with Crippen molar-refractivity contribution in [1.82, 2.24) is 5.32 Å². The average Bonchev–Trinajstić information content (AvgIpc) is 2.47. The maximum atomic E-state index is 6.29. The fourth-order valence-electron chi connectivity index (χ4n) is 2.06. The van der Waals surface area contributed by atoms with Gasteiger partial charge in [0.15, 0.2) is 0 Å². The van der Waals surface area contributed by atoms with E-state index in [1.807, 2.05) is 42.5 Å². The Hall–Kier alpha value is -1.51. The van der Waals surface area contributed by atoms with Crippen LogP contribution in [0.15, 0.2) is 48.5 Å². The Morgan fingerprint density at radius 2 is 1.90 bits per heavy atom. The SMILES string of the molecule is CCNC(C)c1ccc(OCc2ccccc2)c(Cl)c1. The van der Waals surface area contributed by atoms with Crippen LogP contribution in [0, 0.1) is 0 Å². The largest absolute Gasteiger partial charge is 0.487 e. The Bertz CT molecular complexity index is 542. The first-order chi connectivity index (χ1) is 9.70. The number of nitrogens with one attached hydrogen (secondary N) is 1. The molecule has 3 heteroatoms. The van der Waals surface area contributed by atoms with Gasteiger partial charge in [-0.2, -0.15) is 0 Å². The molecular formula is C17H20ClNO. The molecule has 0 aliphatic rings. The number of halogens is 1. The summed E-state index contributed by atoms with van der Waals surface area (Å²) >= 11 is 6.29. The van der Waals surface area contributed by atoms with Crippen molar-refractivity contribution in [3.8, 4) is 5.75 Å². The lowest BCUT2D eigenvalue weighted by atomic mass is 10.1. The second kappa shape index (κ2) is 7.32. The Balaban J connectivity index is 2.02. The molecule has 0 fully saturated rings. The van der Waals surface area contributed by atoms with Crippen LogP contribution in [-0.2, 0) is 6.61 Å². The normalized spacial score (nSPS) is 12.2. The minimum Gasteiger partial charge on any atom is -0.487 e. The molecule has 0 saturated carbocycles. The number of ether oxygens (including phenoxy) is 1. The molecule has 2 aromatic carbocycles. The van der Waals surface area contributed by atoms with Gasteiger partial charge >= 0.3 is 0 Å². The van der Waals surface area contributed by atoms with E-state index in [4.69, 9.17) is 16.3 Å². The number of hydrogen-bond donors (Lipinski definition) is 1. The Morgan fingerprint density at radius 1 is 1.15 bits per heavy atom. The third-order valence-corrected chi connectivity index (χ3v) is 3.50. The zero-order valence-corrected chi connectivity index (χ0v) is 12.7. The van der Waals surface area contributed by atoms with E-state index in [2.05, 4.69) is 25.2 Å². The first-order valence-electron chi connectivity index (χ1n) is 6.90. The van der Waals surface area contributed by atoms with Crippen molar-refractivity contribution in [1.29, 1.82) is 0 Å². The Kier molecular flexibility index (Phi) is 5.45. The van der Waals surface area contributed by atoms with Gasteiger partial charge in [0.2, 0.25) is 0 Å². The predicted octanol–water partition coefficient (Wildman–Crippen LogP) is 4.59. The maximum absolute atomic E-state index is 6.29. The van der Waals surface area contributed by atoms with Gasteiger partial charge in [-0.15, -0.1) is 0 Å². The highest BCUT2D eigenvalue weighted by atomic mass is 35.5. The van der Waals surface area contributed by atoms with Gasteiger partial charge in [-0.1, -0.05) is 54.9 Å². The van der Waals surface area contributed by atoms with Crippen LogP contribution in [0.3, 0.4) is 0 Å². The quantitative estimate of drug-likeness (QED) is 0.840. The second-order valence-corrected chi connectivity index (χ2v) is 5.15. The Labute approximate surface area is 125 Å². The summed E-state index contributed by atoms with van der Waals surface area (Å²) in [5, 5.41) is 4.02. The molecule has 20 heavy (non-hydrogen) atoms. The summed E-state index contributed by atoms with van der Waals surface area (Å²) in [5.74, 6) is 0.725. The molecule has 1 N–H and O–H groups in total. The summed E-state index contributed by atoms with van der Waals surface area (Å²) in [6, 6.07) is 16.3. The first-order valence-corrected chi connectivity index (χ1v) is 7.28. The monoisotopic (exact) mass is 289 g/mol. The van der Waals surface area contributed by atoms with Crippen LogP contribution >= 0.6 is 11.6 Å². The maximum Gasteiger partial charge on any atom is 0.138 e. The van der Waals surface area contributed by atoms with Crippen molar-refractivity contribution in [3.05, 3.63) is 64.7 Å². The molecule has 0 aliphatic carbocycles. The minimum atomic E-state index is 0.292. The smallest absolute Gasteiger partial charge is 0.138 e. The van der Waals surface area contributed by atoms with Crippen molar-refractivity contribution in [3.63, 3.8) is 0 Å². The molecule has 2 nitrogen and oxygen atoms in total. The molecular weight excluding hydrogens is 270 g/mol. The van der Waals surface area contributed by atoms with Gasteiger partial charge in [-0.05, 0) is 36.7 Å². The first kappa shape index (κ1) is 14.9. The molecule has 2 rings (SSSR count). The molecule has 0 aliphatic heterocycles. The van der Waals surface area contributed by atoms with Gasteiger partial charge < -0.3 is 10.1 Å². The summed E-state index contributed by atoms with van der Waals surface area (Å²) in [6.07, 6.45) is 0. The van der Waals surface area contributed by atoms with Crippen molar-refractivity contribution < 1.29 is 4.74 Å². The van der Waals surface area contributed by atoms with Gasteiger partial charge in [0.1, 0.15) is 12.4 Å². The summed E-state index contributed by atoms with van der Waals surface area (Å²) in [5.41, 5.74) is 2.30. The highest BCUT2D eigenvalue weighted by Crippen LogP contribution is 2.28. The number of rotatable bonds is 6. The van der Waals surface area contributed by atoms with Crippen molar-refractivity contribution in [2.24, 2.45) is 0 Å². The zero-order chi connectivity index (χ0) is 14.4. The lowest BCUT2D eigenvalue weighted by molar-refractivity contribution is 0.306. The van der Waals surface area contributed by atoms with E-state index in [0.29, 0.717) is 17.7 Å². The third kappa shape index (κ3) is 3.99. The molecule has 0 heterocycles. The molecule has 0 aromatic heterocycles. The van der Waals surface area contributed by atoms with Gasteiger partial charge in [0.05, 0.1) is 5.02 Å². The van der Waals surface area contributed by atoms with Crippen molar-refractivity contribution in [2.45, 2.75) is 26.5 Å². The van der Waals surface area contributed by atoms with Crippen molar-refractivity contribution >= 4 is 11.6 Å². The van der Waals surface area contributed by atoms with E-state index in [1.54, 1.807) is 0 Å². The van der Waals surface area contributed by atoms with E-state index < -0.39 is 0 Å². The number of hydrogen-bond acceptors (Lipinski definition) is 2. The van der Waals surface area contributed by atoms with E-state index in [-0.39, 0.29) is 0 Å². The van der Waals surface area contributed by atoms with Crippen LogP contribution < -0.4 is 10.1 Å². The summed E-state index contributed by atoms with van der Waals surface area (Å²) in [4.78, 5) is 0. The van der Waals surface area contributed by atoms with Gasteiger partial charge in [0, 0.05) is 6.04 Å². The standard InChI is InChI=1S/C17H20ClNO/c1-3-19-13(2)15-9-10-17(16(18)11-15)20-12-14-7-5-4-6-8-14/h4-11,13,19H,3,12H2,1-2H3. The van der Waals surface area contributed by atoms with Crippen LogP contribution in [-0.4, -0.2) is 6.54 Å². The predicted molar refractivity (Wildman–Crippen MR) is 84.3 cm³/mol. The highest BCUT2D eigenvalue weighted by molar-refractivity contribution is 6.32. The fraction of sp³-hybridized carbons (Fsp3) is 0.294. The topological polar surface area (TPSA) is 21.3 Å². The van der Waals surface area contributed by atoms with Gasteiger partial charge in [-0.25, -0.2) is 0 Å². The average molecular weight is 290 g/mol. The van der Waals surface area contributed by atoms with Crippen LogP contribution in [0.1, 0.15) is 31.0 Å². The van der Waals surface area contributed by atoms with Crippen LogP contribution in [0.5, 0.6) is 5.75 Å². The molecule has 0 spiro atoms. The lowest BCUT2D eigenvalue weighted by Crippen LogP contribution is -2.17. The van der Waals surface area contributed by atoms with Crippen LogP contribution in [0.4, 0.5) is 0 Å². The number of benzene rings is 2. The molecule has 0 radical (unpaired) electrons. The van der Waals surface area contributed by atoms with E-state index >= 15 is 0 Å². The minimum absolute atomic E-state index is 0.292. The molecule has 1 unspecified atom stereocenters. The van der Waals surface area contributed by atoms with Gasteiger partial charge in [-0.3, -0.25) is 0 Å². The fourth-order valence-corrected chi connectivity index (χ4v) is 2.31. The van der Waals surface area contributed by atoms with Crippen molar-refractivity contribution in [2.75, 3.05) is 6.54 Å². The van der Waals surface area contributed by atoms with Gasteiger partial charge in [0.25, 0.3) is 0 Å². The molecule has 0 amide bonds.